The van der Waals surface area contributed by atoms with Crippen LogP contribution < -0.4 is 53.6 Å². The van der Waals surface area contributed by atoms with Crippen molar-refractivity contribution >= 4 is 71.1 Å². The first-order valence-corrected chi connectivity index (χ1v) is 27.4. The number of carboxylic acids is 3. The summed E-state index contributed by atoms with van der Waals surface area (Å²) in [4.78, 5) is 160. The molecule has 0 saturated carbocycles. The largest absolute Gasteiger partial charge is 0.508 e. The lowest BCUT2D eigenvalue weighted by atomic mass is 9.97. The van der Waals surface area contributed by atoms with E-state index in [0.29, 0.717) is 16.7 Å². The zero-order valence-electron chi connectivity index (χ0n) is 47.7. The summed E-state index contributed by atoms with van der Waals surface area (Å²) in [5, 5.41) is 80.2. The summed E-state index contributed by atoms with van der Waals surface area (Å²) in [6.45, 7) is 6.23. The van der Waals surface area contributed by atoms with Crippen LogP contribution in [0.2, 0.25) is 0 Å². The number of carbonyl (C=O) groups is 12. The van der Waals surface area contributed by atoms with Crippen molar-refractivity contribution in [2.24, 2.45) is 17.6 Å². The molecule has 3 aromatic rings. The fraction of sp³-hybridized carbons (Fsp3) is 0.474. The highest BCUT2D eigenvalue weighted by Gasteiger charge is 2.37. The lowest BCUT2D eigenvalue weighted by molar-refractivity contribution is -0.145. The van der Waals surface area contributed by atoms with Gasteiger partial charge in [-0.1, -0.05) is 107 Å². The van der Waals surface area contributed by atoms with Crippen LogP contribution in [0.25, 0.3) is 0 Å². The first-order valence-electron chi connectivity index (χ1n) is 27.4. The third-order valence-corrected chi connectivity index (χ3v) is 13.3. The van der Waals surface area contributed by atoms with Crippen molar-refractivity contribution in [3.63, 3.8) is 0 Å². The van der Waals surface area contributed by atoms with Crippen LogP contribution in [0.15, 0.2) is 84.9 Å². The number of hydrogen-bond donors (Lipinski definition) is 16. The van der Waals surface area contributed by atoms with Gasteiger partial charge in [-0.3, -0.25) is 52.7 Å². The molecule has 464 valence electrons. The molecule has 3 rings (SSSR count). The van der Waals surface area contributed by atoms with E-state index in [4.69, 9.17) is 5.73 Å². The SMILES string of the molecule is CC[C@H](C)[C@H](NC(=O)CNC(=O)[C@H](CCC(=O)O)NC(=O)[C@H](Cc1ccccc1)NC(=O)[C@H](CC(C)C)NC(=O)[C@@H](N)CO)C(=O)N[C@@H](CC(=O)O)C(=O)N[C@@H](Cc1ccccc1)C(=O)N[C@@H](Cc1ccc(O)cc1)C(=O)N[C@H](C(=O)O)[C@@H](C)O. The smallest absolute Gasteiger partial charge is 0.328 e. The Bertz CT molecular complexity index is 2770. The Labute approximate surface area is 490 Å². The fourth-order valence-corrected chi connectivity index (χ4v) is 8.39. The number of rotatable bonds is 36. The normalized spacial score (nSPS) is 14.9. The number of aliphatic hydroxyl groups excluding tert-OH is 2. The van der Waals surface area contributed by atoms with E-state index in [-0.39, 0.29) is 43.8 Å². The number of aliphatic hydroxyl groups is 2. The molecule has 0 aliphatic rings. The number of phenols is 1. The van der Waals surface area contributed by atoms with E-state index < -0.39 is 170 Å². The van der Waals surface area contributed by atoms with Crippen molar-refractivity contribution in [2.45, 2.75) is 146 Å². The fourth-order valence-electron chi connectivity index (χ4n) is 8.39. The van der Waals surface area contributed by atoms with E-state index >= 15 is 0 Å². The zero-order valence-corrected chi connectivity index (χ0v) is 47.7. The second-order valence-corrected chi connectivity index (χ2v) is 20.8. The number of amides is 9. The van der Waals surface area contributed by atoms with Crippen molar-refractivity contribution in [2.75, 3.05) is 13.2 Å². The molecule has 28 nitrogen and oxygen atoms in total. The lowest BCUT2D eigenvalue weighted by Crippen LogP contribution is -2.61. The number of carbonyl (C=O) groups excluding carboxylic acids is 9. The Morgan fingerprint density at radius 1 is 0.494 bits per heavy atom. The Morgan fingerprint density at radius 3 is 1.36 bits per heavy atom. The quantitative estimate of drug-likeness (QED) is 0.0289. The third kappa shape index (κ3) is 24.8. The summed E-state index contributed by atoms with van der Waals surface area (Å²) in [5.74, 6) is -14.7. The maximum absolute atomic E-state index is 14.3. The minimum atomic E-state index is -1.93. The molecule has 0 bridgehead atoms. The van der Waals surface area contributed by atoms with Crippen LogP contribution >= 0.6 is 0 Å². The van der Waals surface area contributed by atoms with E-state index in [2.05, 4.69) is 47.9 Å². The van der Waals surface area contributed by atoms with Gasteiger partial charge in [-0.15, -0.1) is 0 Å². The van der Waals surface area contributed by atoms with Crippen molar-refractivity contribution < 1.29 is 88.2 Å². The average molecular weight is 1190 g/mol. The third-order valence-electron chi connectivity index (χ3n) is 13.3. The van der Waals surface area contributed by atoms with E-state index in [1.54, 1.807) is 81.4 Å². The van der Waals surface area contributed by atoms with E-state index in [1.165, 1.54) is 31.2 Å². The number of hydrogen-bond acceptors (Lipinski definition) is 16. The number of nitrogens with one attached hydrogen (secondary N) is 9. The summed E-state index contributed by atoms with van der Waals surface area (Å²) < 4.78 is 0. The lowest BCUT2D eigenvalue weighted by Gasteiger charge is -2.28. The number of aliphatic carboxylic acids is 3. The van der Waals surface area contributed by atoms with E-state index in [9.17, 15) is 88.2 Å². The highest BCUT2D eigenvalue weighted by Crippen LogP contribution is 2.15. The van der Waals surface area contributed by atoms with Gasteiger partial charge in [0.15, 0.2) is 6.04 Å². The summed E-state index contributed by atoms with van der Waals surface area (Å²) in [5.41, 5.74) is 7.05. The molecule has 85 heavy (non-hydrogen) atoms. The number of carboxylic acid groups (broad SMARTS) is 3. The summed E-state index contributed by atoms with van der Waals surface area (Å²) in [7, 11) is 0. The minimum absolute atomic E-state index is 0.0817. The number of aromatic hydroxyl groups is 1. The van der Waals surface area contributed by atoms with Crippen molar-refractivity contribution in [3.8, 4) is 5.75 Å². The van der Waals surface area contributed by atoms with E-state index in [0.717, 1.165) is 6.92 Å². The molecule has 0 unspecified atom stereocenters. The number of benzene rings is 3. The Hall–Kier alpha value is -9.02. The Kier molecular flexibility index (Phi) is 29.1. The van der Waals surface area contributed by atoms with Crippen LogP contribution in [0, 0.1) is 11.8 Å². The number of phenolic OH excluding ortho intramolecular Hbond substituents is 1. The van der Waals surface area contributed by atoms with Gasteiger partial charge >= 0.3 is 17.9 Å². The molecule has 3 aromatic carbocycles. The molecule has 0 aliphatic carbocycles. The van der Waals surface area contributed by atoms with Crippen LogP contribution in [0.3, 0.4) is 0 Å². The molecule has 17 N–H and O–H groups in total. The second kappa shape index (κ2) is 35.2. The van der Waals surface area contributed by atoms with Crippen LogP contribution in [-0.2, 0) is 76.8 Å². The maximum atomic E-state index is 14.3. The molecule has 0 radical (unpaired) electrons. The van der Waals surface area contributed by atoms with E-state index in [1.807, 2.05) is 0 Å². The Morgan fingerprint density at radius 2 is 0.929 bits per heavy atom. The van der Waals surface area contributed by atoms with Crippen molar-refractivity contribution in [1.29, 1.82) is 0 Å². The van der Waals surface area contributed by atoms with Crippen LogP contribution in [0.4, 0.5) is 0 Å². The van der Waals surface area contributed by atoms with Gasteiger partial charge in [-0.2, -0.15) is 0 Å². The molecule has 28 heteroatoms. The van der Waals surface area contributed by atoms with Crippen LogP contribution in [0.1, 0.15) is 83.4 Å². The molecule has 9 amide bonds. The van der Waals surface area contributed by atoms with Gasteiger partial charge < -0.3 is 84.2 Å². The van der Waals surface area contributed by atoms with Gasteiger partial charge in [0, 0.05) is 25.7 Å². The average Bonchev–Trinajstić information content (AvgIpc) is 3.62. The van der Waals surface area contributed by atoms with Gasteiger partial charge in [-0.05, 0) is 60.4 Å². The molecule has 0 heterocycles. The molecular formula is C57H78N10O18. The minimum Gasteiger partial charge on any atom is -0.508 e. The van der Waals surface area contributed by atoms with Gasteiger partial charge in [0.2, 0.25) is 53.2 Å². The summed E-state index contributed by atoms with van der Waals surface area (Å²) >= 11 is 0. The van der Waals surface area contributed by atoms with Crippen LogP contribution in [0.5, 0.6) is 5.75 Å². The monoisotopic (exact) mass is 1190 g/mol. The van der Waals surface area contributed by atoms with Crippen molar-refractivity contribution in [3.05, 3.63) is 102 Å². The van der Waals surface area contributed by atoms with Gasteiger partial charge in [-0.25, -0.2) is 4.79 Å². The maximum Gasteiger partial charge on any atom is 0.328 e. The standard InChI is InChI=1S/C57H78N10O18/c1-6-31(4)47(66-44(71)28-59-50(77)38(21-22-45(72)73)60-52(79)40(24-33-13-9-7-10-14-33)62-51(78)39(23-30(2)3)61-49(76)37(58)29-68)56(83)65-43(27-46(74)75)54(81)63-41(25-34-15-11-8-12-16-34)53(80)64-42(26-35-17-19-36(70)20-18-35)55(82)67-48(32(5)69)57(84)85/h7-20,30-32,37-43,47-48,68-70H,6,21-29,58H2,1-5H3,(H,59,77)(H,60,79)(H,61,76)(H,62,78)(H,63,81)(H,64,80)(H,65,83)(H,66,71)(H,67,82)(H,72,73)(H,74,75)(H,84,85)/t31-,32+,37-,38-,39-,40-,41-,42-,43-,47-,48-/m0/s1. The summed E-state index contributed by atoms with van der Waals surface area (Å²) in [6, 6.07) is 7.74. The van der Waals surface area contributed by atoms with Gasteiger partial charge in [0.1, 0.15) is 54.1 Å². The van der Waals surface area contributed by atoms with Crippen LogP contribution in [-0.4, -0.2) is 175 Å². The van der Waals surface area contributed by atoms with Crippen molar-refractivity contribution in [1.82, 2.24) is 47.9 Å². The predicted octanol–water partition coefficient (Wildman–Crippen LogP) is -2.37. The molecule has 0 saturated heterocycles. The van der Waals surface area contributed by atoms with Gasteiger partial charge in [0.05, 0.1) is 25.7 Å². The predicted molar refractivity (Wildman–Crippen MR) is 303 cm³/mol. The zero-order chi connectivity index (χ0) is 63.5. The Balaban J connectivity index is 1.87. The highest BCUT2D eigenvalue weighted by molar-refractivity contribution is 5.99. The highest BCUT2D eigenvalue weighted by atomic mass is 16.4. The molecule has 11 atom stereocenters. The second-order valence-electron chi connectivity index (χ2n) is 20.8. The topological polar surface area (TPSA) is 461 Å². The molecule has 0 aliphatic heterocycles. The molecule has 0 fully saturated rings. The molecular weight excluding hydrogens is 1110 g/mol. The first-order chi connectivity index (χ1) is 40.1. The molecule has 0 spiro atoms. The summed E-state index contributed by atoms with van der Waals surface area (Å²) in [6.07, 6.45) is -4.28. The first kappa shape index (κ1) is 70.2. The van der Waals surface area contributed by atoms with Gasteiger partial charge in [0.25, 0.3) is 0 Å². The number of nitrogens with two attached hydrogens (primary N) is 1. The molecule has 0 aromatic heterocycles.